The van der Waals surface area contributed by atoms with E-state index in [9.17, 15) is 0 Å². The van der Waals surface area contributed by atoms with E-state index in [-0.39, 0.29) is 5.72 Å². The Balaban J connectivity index is 2.51. The third-order valence-electron chi connectivity index (χ3n) is 2.22. The van der Waals surface area contributed by atoms with Crippen molar-refractivity contribution in [3.8, 4) is 0 Å². The van der Waals surface area contributed by atoms with E-state index in [1.807, 2.05) is 0 Å². The molecule has 1 saturated heterocycles. The maximum atomic E-state index is 5.74. The summed E-state index contributed by atoms with van der Waals surface area (Å²) < 4.78 is 5.74. The maximum Gasteiger partial charge on any atom is 0.116 e. The predicted octanol–water partition coefficient (Wildman–Crippen LogP) is 1.85. The number of hydrogen-bond donors (Lipinski definition) is 0. The number of ether oxygens (including phenoxy) is 1. The van der Waals surface area contributed by atoms with Crippen LogP contribution in [0.4, 0.5) is 0 Å². The van der Waals surface area contributed by atoms with Crippen molar-refractivity contribution in [1.82, 2.24) is 4.90 Å². The smallest absolute Gasteiger partial charge is 0.116 e. The molecule has 0 spiro atoms. The Labute approximate surface area is 69.5 Å². The van der Waals surface area contributed by atoms with E-state index in [0.29, 0.717) is 6.10 Å². The summed E-state index contributed by atoms with van der Waals surface area (Å²) in [5.74, 6) is 0. The van der Waals surface area contributed by atoms with Gasteiger partial charge in [0.1, 0.15) is 5.72 Å². The van der Waals surface area contributed by atoms with Gasteiger partial charge in [-0.1, -0.05) is 6.92 Å². The summed E-state index contributed by atoms with van der Waals surface area (Å²) in [4.78, 5) is 2.40. The van der Waals surface area contributed by atoms with Gasteiger partial charge in [-0.2, -0.15) is 0 Å². The Morgan fingerprint density at radius 3 is 2.55 bits per heavy atom. The van der Waals surface area contributed by atoms with Gasteiger partial charge in [0.05, 0.1) is 6.10 Å². The predicted molar refractivity (Wildman–Crippen MR) is 46.5 cm³/mol. The fourth-order valence-corrected chi connectivity index (χ4v) is 1.76. The Morgan fingerprint density at radius 1 is 1.55 bits per heavy atom. The van der Waals surface area contributed by atoms with Gasteiger partial charge in [-0.25, -0.2) is 0 Å². The van der Waals surface area contributed by atoms with Crippen LogP contribution in [-0.2, 0) is 4.74 Å². The van der Waals surface area contributed by atoms with Crippen LogP contribution in [0, 0.1) is 0 Å². The second-order valence-corrected chi connectivity index (χ2v) is 3.82. The van der Waals surface area contributed by atoms with Crippen molar-refractivity contribution in [3.05, 3.63) is 0 Å². The Kier molecular flexibility index (Phi) is 2.55. The summed E-state index contributed by atoms with van der Waals surface area (Å²) in [6.07, 6.45) is 1.61. The molecule has 1 atom stereocenters. The largest absolute Gasteiger partial charge is 0.357 e. The topological polar surface area (TPSA) is 12.5 Å². The maximum absolute atomic E-state index is 5.74. The molecule has 1 fully saturated rings. The van der Waals surface area contributed by atoms with E-state index in [4.69, 9.17) is 4.74 Å². The lowest BCUT2D eigenvalue weighted by atomic mass is 10.2. The monoisotopic (exact) mass is 157 g/mol. The van der Waals surface area contributed by atoms with Crippen LogP contribution in [0.25, 0.3) is 0 Å². The van der Waals surface area contributed by atoms with E-state index in [2.05, 4.69) is 32.6 Å². The van der Waals surface area contributed by atoms with Gasteiger partial charge in [0, 0.05) is 13.1 Å². The quantitative estimate of drug-likeness (QED) is 0.606. The second-order valence-electron chi connectivity index (χ2n) is 3.82. The highest BCUT2D eigenvalue weighted by molar-refractivity contribution is 4.81. The molecule has 2 heteroatoms. The highest BCUT2D eigenvalue weighted by atomic mass is 16.5. The molecule has 11 heavy (non-hydrogen) atoms. The lowest BCUT2D eigenvalue weighted by molar-refractivity contribution is -0.0707. The molecule has 1 unspecified atom stereocenters. The molecule has 1 aliphatic heterocycles. The highest BCUT2D eigenvalue weighted by Gasteiger charge is 2.36. The standard InChI is InChI=1S/C9H19NO/c1-5-6-10-7-8(2)11-9(10,3)4/h8H,5-7H2,1-4H3. The van der Waals surface area contributed by atoms with Gasteiger partial charge >= 0.3 is 0 Å². The molecule has 0 amide bonds. The summed E-state index contributed by atoms with van der Waals surface area (Å²) in [7, 11) is 0. The van der Waals surface area contributed by atoms with Gasteiger partial charge < -0.3 is 4.74 Å². The van der Waals surface area contributed by atoms with Crippen LogP contribution in [0.5, 0.6) is 0 Å². The highest BCUT2D eigenvalue weighted by Crippen LogP contribution is 2.25. The average Bonchev–Trinajstić information content (AvgIpc) is 2.07. The van der Waals surface area contributed by atoms with Gasteiger partial charge in [-0.05, 0) is 27.2 Å². The minimum atomic E-state index is -0.0323. The van der Waals surface area contributed by atoms with E-state index < -0.39 is 0 Å². The fraction of sp³-hybridized carbons (Fsp3) is 1.00. The van der Waals surface area contributed by atoms with Crippen molar-refractivity contribution >= 4 is 0 Å². The van der Waals surface area contributed by atoms with Crippen molar-refractivity contribution in [2.45, 2.75) is 45.9 Å². The molecular formula is C9H19NO. The summed E-state index contributed by atoms with van der Waals surface area (Å²) in [5.41, 5.74) is -0.0323. The van der Waals surface area contributed by atoms with Gasteiger partial charge in [0.25, 0.3) is 0 Å². The van der Waals surface area contributed by atoms with E-state index in [1.54, 1.807) is 0 Å². The van der Waals surface area contributed by atoms with Crippen LogP contribution in [0.15, 0.2) is 0 Å². The van der Waals surface area contributed by atoms with E-state index in [0.717, 1.165) is 13.1 Å². The molecule has 0 radical (unpaired) electrons. The molecule has 0 aliphatic carbocycles. The zero-order valence-electron chi connectivity index (χ0n) is 8.05. The number of rotatable bonds is 2. The second kappa shape index (κ2) is 3.11. The van der Waals surface area contributed by atoms with Gasteiger partial charge in [0.15, 0.2) is 0 Å². The summed E-state index contributed by atoms with van der Waals surface area (Å²) in [6.45, 7) is 10.9. The molecule has 0 aromatic rings. The fourth-order valence-electron chi connectivity index (χ4n) is 1.76. The third kappa shape index (κ3) is 1.94. The molecule has 0 saturated carbocycles. The van der Waals surface area contributed by atoms with Crippen LogP contribution in [0.1, 0.15) is 34.1 Å². The van der Waals surface area contributed by atoms with Crippen molar-refractivity contribution in [3.63, 3.8) is 0 Å². The first kappa shape index (κ1) is 9.01. The minimum Gasteiger partial charge on any atom is -0.357 e. The Bertz CT molecular complexity index is 134. The number of hydrogen-bond acceptors (Lipinski definition) is 2. The summed E-state index contributed by atoms with van der Waals surface area (Å²) >= 11 is 0. The molecular weight excluding hydrogens is 138 g/mol. The van der Waals surface area contributed by atoms with Gasteiger partial charge in [0.2, 0.25) is 0 Å². The van der Waals surface area contributed by atoms with Crippen LogP contribution in [0.3, 0.4) is 0 Å². The first-order valence-electron chi connectivity index (χ1n) is 4.49. The van der Waals surface area contributed by atoms with Gasteiger partial charge in [-0.15, -0.1) is 0 Å². The molecule has 0 aromatic carbocycles. The normalized spacial score (nSPS) is 31.1. The minimum absolute atomic E-state index is 0.0323. The van der Waals surface area contributed by atoms with E-state index >= 15 is 0 Å². The van der Waals surface area contributed by atoms with Crippen LogP contribution < -0.4 is 0 Å². The van der Waals surface area contributed by atoms with E-state index in [1.165, 1.54) is 6.42 Å². The van der Waals surface area contributed by atoms with Gasteiger partial charge in [-0.3, -0.25) is 4.90 Å². The lowest BCUT2D eigenvalue weighted by Gasteiger charge is -2.29. The average molecular weight is 157 g/mol. The molecule has 0 bridgehead atoms. The molecule has 1 aliphatic rings. The van der Waals surface area contributed by atoms with Crippen LogP contribution in [0.2, 0.25) is 0 Å². The third-order valence-corrected chi connectivity index (χ3v) is 2.22. The first-order valence-corrected chi connectivity index (χ1v) is 4.49. The SMILES string of the molecule is CCCN1CC(C)OC1(C)C. The molecule has 0 N–H and O–H groups in total. The zero-order chi connectivity index (χ0) is 8.48. The molecule has 0 aromatic heterocycles. The van der Waals surface area contributed by atoms with Crippen molar-refractivity contribution < 1.29 is 4.74 Å². The van der Waals surface area contributed by atoms with Crippen LogP contribution >= 0.6 is 0 Å². The first-order chi connectivity index (χ1) is 5.06. The number of nitrogens with zero attached hydrogens (tertiary/aromatic N) is 1. The Hall–Kier alpha value is -0.0800. The lowest BCUT2D eigenvalue weighted by Crippen LogP contribution is -2.39. The molecule has 2 nitrogen and oxygen atoms in total. The molecule has 66 valence electrons. The van der Waals surface area contributed by atoms with Crippen molar-refractivity contribution in [2.24, 2.45) is 0 Å². The summed E-state index contributed by atoms with van der Waals surface area (Å²) in [6, 6.07) is 0. The van der Waals surface area contributed by atoms with Crippen molar-refractivity contribution in [2.75, 3.05) is 13.1 Å². The summed E-state index contributed by atoms with van der Waals surface area (Å²) in [5, 5.41) is 0. The molecule has 1 rings (SSSR count). The zero-order valence-corrected chi connectivity index (χ0v) is 8.05. The Morgan fingerprint density at radius 2 is 2.18 bits per heavy atom. The van der Waals surface area contributed by atoms with Crippen LogP contribution in [-0.4, -0.2) is 29.8 Å². The van der Waals surface area contributed by atoms with Crippen molar-refractivity contribution in [1.29, 1.82) is 0 Å². The molecule has 1 heterocycles.